The summed E-state index contributed by atoms with van der Waals surface area (Å²) in [5, 5.41) is 0. The van der Waals surface area contributed by atoms with Gasteiger partial charge in [0, 0.05) is 6.07 Å². The molecule has 0 saturated heterocycles. The fourth-order valence-electron chi connectivity index (χ4n) is 0.972. The first-order valence-electron chi connectivity index (χ1n) is 4.13. The molecule has 0 aliphatic rings. The molecular formula is C10H12BrFO. The third kappa shape index (κ3) is 2.69. The summed E-state index contributed by atoms with van der Waals surface area (Å²) in [7, 11) is 0. The molecule has 0 aliphatic heterocycles. The fourth-order valence-corrected chi connectivity index (χ4v) is 1.52. The van der Waals surface area contributed by atoms with Crippen molar-refractivity contribution >= 4 is 15.9 Å². The molecule has 0 amide bonds. The molecule has 1 rings (SSSR count). The van der Waals surface area contributed by atoms with Gasteiger partial charge in [0.05, 0.1) is 10.6 Å². The van der Waals surface area contributed by atoms with Crippen LogP contribution in [0.25, 0.3) is 0 Å². The van der Waals surface area contributed by atoms with Gasteiger partial charge in [-0.1, -0.05) is 0 Å². The molecule has 0 heterocycles. The Kier molecular flexibility index (Phi) is 3.31. The highest BCUT2D eigenvalue weighted by Crippen LogP contribution is 2.28. The standard InChI is InChI=1S/C10H12BrFO/c1-6(2)13-10-5-9(12)7(3)4-8(10)11/h4-6H,1-3H3. The van der Waals surface area contributed by atoms with E-state index in [4.69, 9.17) is 4.74 Å². The molecule has 0 spiro atoms. The molecule has 0 bridgehead atoms. The third-order valence-corrected chi connectivity index (χ3v) is 2.20. The van der Waals surface area contributed by atoms with Crippen LogP contribution in [0.3, 0.4) is 0 Å². The molecular weight excluding hydrogens is 235 g/mol. The van der Waals surface area contributed by atoms with Crippen LogP contribution in [0.1, 0.15) is 19.4 Å². The lowest BCUT2D eigenvalue weighted by Crippen LogP contribution is -2.06. The summed E-state index contributed by atoms with van der Waals surface area (Å²) in [5.74, 6) is 0.317. The lowest BCUT2D eigenvalue weighted by molar-refractivity contribution is 0.239. The van der Waals surface area contributed by atoms with Gasteiger partial charge in [0.25, 0.3) is 0 Å². The van der Waals surface area contributed by atoms with Crippen LogP contribution in [0, 0.1) is 12.7 Å². The Morgan fingerprint density at radius 3 is 2.54 bits per heavy atom. The first-order valence-corrected chi connectivity index (χ1v) is 4.92. The van der Waals surface area contributed by atoms with Crippen molar-refractivity contribution in [1.29, 1.82) is 0 Å². The molecule has 1 aromatic carbocycles. The Hall–Kier alpha value is -0.570. The summed E-state index contributed by atoms with van der Waals surface area (Å²) in [4.78, 5) is 0. The Morgan fingerprint density at radius 1 is 1.38 bits per heavy atom. The number of hydrogen-bond acceptors (Lipinski definition) is 1. The molecule has 0 aliphatic carbocycles. The zero-order valence-corrected chi connectivity index (χ0v) is 9.48. The highest BCUT2D eigenvalue weighted by molar-refractivity contribution is 9.10. The van der Waals surface area contributed by atoms with Crippen LogP contribution in [-0.4, -0.2) is 6.10 Å². The fraction of sp³-hybridized carbons (Fsp3) is 0.400. The zero-order chi connectivity index (χ0) is 10.0. The Bertz CT molecular complexity index is 310. The lowest BCUT2D eigenvalue weighted by Gasteiger charge is -2.12. The summed E-state index contributed by atoms with van der Waals surface area (Å²) in [5.41, 5.74) is 0.614. The first kappa shape index (κ1) is 10.5. The molecule has 0 N–H and O–H groups in total. The summed E-state index contributed by atoms with van der Waals surface area (Å²) >= 11 is 3.32. The average molecular weight is 247 g/mol. The highest BCUT2D eigenvalue weighted by Gasteiger charge is 2.07. The molecule has 0 saturated carbocycles. The van der Waals surface area contributed by atoms with Crippen LogP contribution in [-0.2, 0) is 0 Å². The van der Waals surface area contributed by atoms with E-state index < -0.39 is 0 Å². The second kappa shape index (κ2) is 4.09. The molecule has 3 heteroatoms. The minimum atomic E-state index is -0.237. The Labute approximate surface area is 86.0 Å². The molecule has 0 atom stereocenters. The second-order valence-electron chi connectivity index (χ2n) is 3.20. The van der Waals surface area contributed by atoms with Crippen LogP contribution in [0.15, 0.2) is 16.6 Å². The van der Waals surface area contributed by atoms with Crippen LogP contribution in [0.5, 0.6) is 5.75 Å². The number of benzene rings is 1. The topological polar surface area (TPSA) is 9.23 Å². The summed E-state index contributed by atoms with van der Waals surface area (Å²) < 4.78 is 19.3. The number of aryl methyl sites for hydroxylation is 1. The van der Waals surface area contributed by atoms with E-state index in [0.29, 0.717) is 11.3 Å². The van der Waals surface area contributed by atoms with Gasteiger partial charge >= 0.3 is 0 Å². The molecule has 13 heavy (non-hydrogen) atoms. The number of rotatable bonds is 2. The molecule has 0 aromatic heterocycles. The maximum Gasteiger partial charge on any atom is 0.136 e. The maximum absolute atomic E-state index is 13.1. The summed E-state index contributed by atoms with van der Waals surface area (Å²) in [6.45, 7) is 5.54. The number of hydrogen-bond donors (Lipinski definition) is 0. The van der Waals surface area contributed by atoms with Crippen molar-refractivity contribution in [3.63, 3.8) is 0 Å². The summed E-state index contributed by atoms with van der Waals surface area (Å²) in [6, 6.07) is 3.12. The summed E-state index contributed by atoms with van der Waals surface area (Å²) in [6.07, 6.45) is 0.0541. The lowest BCUT2D eigenvalue weighted by atomic mass is 10.2. The van der Waals surface area contributed by atoms with E-state index >= 15 is 0 Å². The smallest absolute Gasteiger partial charge is 0.136 e. The van der Waals surface area contributed by atoms with Crippen LogP contribution in [0.2, 0.25) is 0 Å². The van der Waals surface area contributed by atoms with Gasteiger partial charge in [0.15, 0.2) is 0 Å². The van der Waals surface area contributed by atoms with Crippen molar-refractivity contribution < 1.29 is 9.13 Å². The number of halogens is 2. The third-order valence-electron chi connectivity index (χ3n) is 1.58. The van der Waals surface area contributed by atoms with E-state index in [9.17, 15) is 4.39 Å². The minimum absolute atomic E-state index is 0.0541. The Balaban J connectivity index is 3.01. The monoisotopic (exact) mass is 246 g/mol. The highest BCUT2D eigenvalue weighted by atomic mass is 79.9. The van der Waals surface area contributed by atoms with Gasteiger partial charge in [0.2, 0.25) is 0 Å². The van der Waals surface area contributed by atoms with E-state index in [1.54, 1.807) is 13.0 Å². The maximum atomic E-state index is 13.1. The Morgan fingerprint density at radius 2 is 2.00 bits per heavy atom. The minimum Gasteiger partial charge on any atom is -0.490 e. The van der Waals surface area contributed by atoms with Crippen LogP contribution in [0.4, 0.5) is 4.39 Å². The van der Waals surface area contributed by atoms with E-state index in [1.165, 1.54) is 6.07 Å². The van der Waals surface area contributed by atoms with Crippen LogP contribution < -0.4 is 4.74 Å². The van der Waals surface area contributed by atoms with E-state index in [2.05, 4.69) is 15.9 Å². The van der Waals surface area contributed by atoms with Crippen molar-refractivity contribution in [2.75, 3.05) is 0 Å². The first-order chi connectivity index (χ1) is 6.00. The van der Waals surface area contributed by atoms with Gasteiger partial charge in [-0.2, -0.15) is 0 Å². The normalized spacial score (nSPS) is 10.6. The van der Waals surface area contributed by atoms with E-state index in [0.717, 1.165) is 4.47 Å². The van der Waals surface area contributed by atoms with Gasteiger partial charge in [-0.3, -0.25) is 0 Å². The van der Waals surface area contributed by atoms with Crippen molar-refractivity contribution in [3.05, 3.63) is 28.0 Å². The van der Waals surface area contributed by atoms with Crippen molar-refractivity contribution in [1.82, 2.24) is 0 Å². The zero-order valence-electron chi connectivity index (χ0n) is 7.90. The molecule has 0 fully saturated rings. The molecule has 72 valence electrons. The SMILES string of the molecule is Cc1cc(Br)c(OC(C)C)cc1F. The van der Waals surface area contributed by atoms with Gasteiger partial charge in [0.1, 0.15) is 11.6 Å². The average Bonchev–Trinajstić information content (AvgIpc) is 1.99. The van der Waals surface area contributed by atoms with Crippen molar-refractivity contribution in [3.8, 4) is 5.75 Å². The second-order valence-corrected chi connectivity index (χ2v) is 4.05. The van der Waals surface area contributed by atoms with Crippen molar-refractivity contribution in [2.24, 2.45) is 0 Å². The quantitative estimate of drug-likeness (QED) is 0.774. The largest absolute Gasteiger partial charge is 0.490 e. The van der Waals surface area contributed by atoms with Crippen LogP contribution >= 0.6 is 15.9 Å². The molecule has 1 nitrogen and oxygen atoms in total. The van der Waals surface area contributed by atoms with Gasteiger partial charge in [-0.25, -0.2) is 4.39 Å². The molecule has 0 unspecified atom stereocenters. The number of ether oxygens (including phenoxy) is 1. The predicted octanol–water partition coefficient (Wildman–Crippen LogP) is 3.68. The van der Waals surface area contributed by atoms with Gasteiger partial charge in [-0.15, -0.1) is 0 Å². The van der Waals surface area contributed by atoms with E-state index in [1.807, 2.05) is 13.8 Å². The van der Waals surface area contributed by atoms with Gasteiger partial charge in [-0.05, 0) is 48.3 Å². The predicted molar refractivity (Wildman–Crippen MR) is 54.6 cm³/mol. The molecule has 0 radical (unpaired) electrons. The van der Waals surface area contributed by atoms with Crippen molar-refractivity contribution in [2.45, 2.75) is 26.9 Å². The van der Waals surface area contributed by atoms with Gasteiger partial charge < -0.3 is 4.74 Å². The molecule has 1 aromatic rings. The van der Waals surface area contributed by atoms with E-state index in [-0.39, 0.29) is 11.9 Å².